The monoisotopic (exact) mass is 369 g/mol. The van der Waals surface area contributed by atoms with Crippen LogP contribution in [0.2, 0.25) is 0 Å². The van der Waals surface area contributed by atoms with Crippen molar-refractivity contribution in [3.8, 4) is 0 Å². The lowest BCUT2D eigenvalue weighted by molar-refractivity contribution is 0.0709. The van der Waals surface area contributed by atoms with Gasteiger partial charge in [-0.1, -0.05) is 0 Å². The molecule has 1 amide bonds. The van der Waals surface area contributed by atoms with E-state index in [1.165, 1.54) is 24.2 Å². The number of anilines is 1. The average Bonchev–Trinajstić information content (AvgIpc) is 3.21. The van der Waals surface area contributed by atoms with Gasteiger partial charge in [0.05, 0.1) is 17.2 Å². The van der Waals surface area contributed by atoms with Gasteiger partial charge in [-0.3, -0.25) is 4.79 Å². The number of hydrogen-bond acceptors (Lipinski definition) is 7. The van der Waals surface area contributed by atoms with Crippen LogP contribution in [0.4, 0.5) is 5.82 Å². The second kappa shape index (κ2) is 5.73. The van der Waals surface area contributed by atoms with Crippen molar-refractivity contribution in [2.75, 3.05) is 25.0 Å². The molecule has 0 aromatic carbocycles. The highest BCUT2D eigenvalue weighted by molar-refractivity contribution is 7.11. The molecule has 3 aromatic rings. The second-order valence-electron chi connectivity index (χ2n) is 7.04. The van der Waals surface area contributed by atoms with E-state index < -0.39 is 0 Å². The molecule has 0 spiro atoms. The maximum atomic E-state index is 12.6. The summed E-state index contributed by atoms with van der Waals surface area (Å²) >= 11 is 1.40. The van der Waals surface area contributed by atoms with E-state index in [4.69, 9.17) is 5.10 Å². The minimum absolute atomic E-state index is 0.0490. The molecule has 0 bridgehead atoms. The van der Waals surface area contributed by atoms with Crippen LogP contribution in [0.25, 0.3) is 5.65 Å². The van der Waals surface area contributed by atoms with Crippen LogP contribution in [0.3, 0.4) is 0 Å². The Balaban J connectivity index is 1.30. The standard InChI is InChI=1S/C17H19N7OS/c1-10-15(26-9-18-10)17(25)22(2)12-7-23(8-12)14-6-5-13-19-20-16(11-3-4-11)24(13)21-14/h5-6,9,11-12H,3-4,7-8H2,1-2H3. The summed E-state index contributed by atoms with van der Waals surface area (Å²) in [7, 11) is 1.87. The molecule has 134 valence electrons. The summed E-state index contributed by atoms with van der Waals surface area (Å²) in [6, 6.07) is 4.13. The minimum Gasteiger partial charge on any atom is -0.351 e. The first-order valence-electron chi connectivity index (χ1n) is 8.76. The van der Waals surface area contributed by atoms with Crippen LogP contribution >= 0.6 is 11.3 Å². The third kappa shape index (κ3) is 2.45. The van der Waals surface area contributed by atoms with Crippen LogP contribution in [0.1, 0.15) is 39.9 Å². The van der Waals surface area contributed by atoms with Crippen LogP contribution in [-0.4, -0.2) is 61.8 Å². The molecule has 1 saturated carbocycles. The first-order valence-corrected chi connectivity index (χ1v) is 9.64. The molecule has 0 N–H and O–H groups in total. The molecule has 2 fully saturated rings. The zero-order chi connectivity index (χ0) is 17.8. The largest absolute Gasteiger partial charge is 0.351 e. The van der Waals surface area contributed by atoms with Gasteiger partial charge in [-0.25, -0.2) is 4.98 Å². The molecule has 8 nitrogen and oxygen atoms in total. The van der Waals surface area contributed by atoms with E-state index in [-0.39, 0.29) is 11.9 Å². The van der Waals surface area contributed by atoms with E-state index in [9.17, 15) is 4.79 Å². The number of amides is 1. The molecule has 1 aliphatic carbocycles. The van der Waals surface area contributed by atoms with Gasteiger partial charge in [-0.2, -0.15) is 4.52 Å². The van der Waals surface area contributed by atoms with Crippen molar-refractivity contribution in [2.24, 2.45) is 0 Å². The molecule has 26 heavy (non-hydrogen) atoms. The molecule has 3 aromatic heterocycles. The van der Waals surface area contributed by atoms with E-state index in [1.54, 1.807) is 5.51 Å². The van der Waals surface area contributed by atoms with Gasteiger partial charge in [0.1, 0.15) is 10.7 Å². The van der Waals surface area contributed by atoms with Crippen LogP contribution in [0.5, 0.6) is 0 Å². The summed E-state index contributed by atoms with van der Waals surface area (Å²) in [5.74, 6) is 2.42. The van der Waals surface area contributed by atoms with Gasteiger partial charge in [-0.05, 0) is 31.9 Å². The van der Waals surface area contributed by atoms with E-state index in [1.807, 2.05) is 35.5 Å². The Kier molecular flexibility index (Phi) is 3.46. The topological polar surface area (TPSA) is 79.5 Å². The summed E-state index contributed by atoms with van der Waals surface area (Å²) in [6.07, 6.45) is 2.34. The van der Waals surface area contributed by atoms with Gasteiger partial charge in [0.2, 0.25) is 0 Å². The first kappa shape index (κ1) is 15.7. The smallest absolute Gasteiger partial charge is 0.265 e. The molecule has 1 saturated heterocycles. The lowest BCUT2D eigenvalue weighted by Crippen LogP contribution is -2.60. The normalized spacial score (nSPS) is 17.5. The van der Waals surface area contributed by atoms with E-state index in [2.05, 4.69) is 20.1 Å². The maximum Gasteiger partial charge on any atom is 0.265 e. The van der Waals surface area contributed by atoms with Crippen LogP contribution in [0, 0.1) is 6.92 Å². The van der Waals surface area contributed by atoms with Gasteiger partial charge < -0.3 is 9.80 Å². The fraction of sp³-hybridized carbons (Fsp3) is 0.471. The summed E-state index contributed by atoms with van der Waals surface area (Å²) < 4.78 is 1.87. The summed E-state index contributed by atoms with van der Waals surface area (Å²) in [5, 5.41) is 13.2. The molecule has 5 rings (SSSR count). The zero-order valence-electron chi connectivity index (χ0n) is 14.7. The highest BCUT2D eigenvalue weighted by Gasteiger charge is 2.35. The Morgan fingerprint density at radius 3 is 2.77 bits per heavy atom. The molecule has 9 heteroatoms. The predicted molar refractivity (Wildman–Crippen MR) is 97.7 cm³/mol. The number of aryl methyl sites for hydroxylation is 1. The zero-order valence-corrected chi connectivity index (χ0v) is 15.5. The van der Waals surface area contributed by atoms with Crippen molar-refractivity contribution in [2.45, 2.75) is 31.7 Å². The number of aromatic nitrogens is 5. The Bertz CT molecular complexity index is 986. The number of likely N-dealkylation sites (N-methyl/N-ethyl adjacent to an activating group) is 1. The van der Waals surface area contributed by atoms with Crippen molar-refractivity contribution in [1.29, 1.82) is 0 Å². The van der Waals surface area contributed by atoms with Crippen molar-refractivity contribution < 1.29 is 4.79 Å². The molecule has 0 atom stereocenters. The van der Waals surface area contributed by atoms with Crippen molar-refractivity contribution in [3.63, 3.8) is 0 Å². The van der Waals surface area contributed by atoms with E-state index in [0.717, 1.165) is 41.0 Å². The van der Waals surface area contributed by atoms with Crippen molar-refractivity contribution in [1.82, 2.24) is 29.7 Å². The number of nitrogens with zero attached hydrogens (tertiary/aromatic N) is 7. The highest BCUT2D eigenvalue weighted by atomic mass is 32.1. The number of rotatable bonds is 4. The fourth-order valence-electron chi connectivity index (χ4n) is 3.28. The number of hydrogen-bond donors (Lipinski definition) is 0. The van der Waals surface area contributed by atoms with Gasteiger partial charge in [0.25, 0.3) is 5.91 Å². The minimum atomic E-state index is 0.0490. The molecule has 2 aliphatic rings. The van der Waals surface area contributed by atoms with Crippen LogP contribution in [-0.2, 0) is 0 Å². The number of thiazole rings is 1. The lowest BCUT2D eigenvalue weighted by atomic mass is 10.1. The van der Waals surface area contributed by atoms with Gasteiger partial charge in [-0.15, -0.1) is 26.6 Å². The number of carbonyl (C=O) groups is 1. The molecule has 1 aliphatic heterocycles. The second-order valence-corrected chi connectivity index (χ2v) is 7.89. The summed E-state index contributed by atoms with van der Waals surface area (Å²) in [5.41, 5.74) is 3.32. The predicted octanol–water partition coefficient (Wildman–Crippen LogP) is 1.73. The Morgan fingerprint density at radius 2 is 2.08 bits per heavy atom. The van der Waals surface area contributed by atoms with Gasteiger partial charge >= 0.3 is 0 Å². The Morgan fingerprint density at radius 1 is 1.27 bits per heavy atom. The molecular weight excluding hydrogens is 350 g/mol. The Labute approximate surface area is 154 Å². The molecule has 0 unspecified atom stereocenters. The average molecular weight is 369 g/mol. The van der Waals surface area contributed by atoms with Crippen LogP contribution in [0.15, 0.2) is 17.6 Å². The summed E-state index contributed by atoms with van der Waals surface area (Å²) in [4.78, 5) is 21.5. The Hall–Kier alpha value is -2.55. The van der Waals surface area contributed by atoms with E-state index >= 15 is 0 Å². The van der Waals surface area contributed by atoms with Gasteiger partial charge in [0.15, 0.2) is 11.5 Å². The highest BCUT2D eigenvalue weighted by Crippen LogP contribution is 2.38. The quantitative estimate of drug-likeness (QED) is 0.697. The molecule has 4 heterocycles. The van der Waals surface area contributed by atoms with Gasteiger partial charge in [0, 0.05) is 26.1 Å². The third-order valence-electron chi connectivity index (χ3n) is 5.21. The fourth-order valence-corrected chi connectivity index (χ4v) is 4.07. The first-order chi connectivity index (χ1) is 12.6. The maximum absolute atomic E-state index is 12.6. The van der Waals surface area contributed by atoms with Crippen molar-refractivity contribution >= 4 is 28.7 Å². The summed E-state index contributed by atoms with van der Waals surface area (Å²) in [6.45, 7) is 3.43. The van der Waals surface area contributed by atoms with Crippen molar-refractivity contribution in [3.05, 3.63) is 34.0 Å². The number of fused-ring (bicyclic) bond motifs is 1. The molecular formula is C17H19N7OS. The third-order valence-corrected chi connectivity index (χ3v) is 6.13. The lowest BCUT2D eigenvalue weighted by Gasteiger charge is -2.44. The number of carbonyl (C=O) groups excluding carboxylic acids is 1. The SMILES string of the molecule is Cc1ncsc1C(=O)N(C)C1CN(c2ccc3nnc(C4CC4)n3n2)C1. The van der Waals surface area contributed by atoms with Crippen LogP contribution < -0.4 is 4.90 Å². The molecule has 0 radical (unpaired) electrons. The van der Waals surface area contributed by atoms with E-state index in [0.29, 0.717) is 5.92 Å².